The number of carbonyl (C=O) groups excluding carboxylic acids is 1. The molecular weight excluding hydrogens is 268 g/mol. The largest absolute Gasteiger partial charge is 0.334 e. The Morgan fingerprint density at radius 3 is 2.95 bits per heavy atom. The normalized spacial score (nSPS) is 26.7. The Kier molecular flexibility index (Phi) is 4.63. The summed E-state index contributed by atoms with van der Waals surface area (Å²) in [6, 6.07) is 11.1. The molecule has 2 unspecified atom stereocenters. The molecule has 2 saturated heterocycles. The van der Waals surface area contributed by atoms with Gasteiger partial charge in [0.25, 0.3) is 0 Å². The van der Waals surface area contributed by atoms with Gasteiger partial charge in [0.1, 0.15) is 0 Å². The standard InChI is InChI=1S/C16H22N2OS/c19-16(11-14-7-4-8-17-14)18-9-10-20-12-15(18)13-5-2-1-3-6-13/h1-3,5-6,14-15,17H,4,7-12H2. The zero-order valence-electron chi connectivity index (χ0n) is 11.8. The topological polar surface area (TPSA) is 32.3 Å². The van der Waals surface area contributed by atoms with Crippen LogP contribution in [0, 0.1) is 0 Å². The summed E-state index contributed by atoms with van der Waals surface area (Å²) in [5.41, 5.74) is 1.27. The van der Waals surface area contributed by atoms with Crippen LogP contribution in [0.3, 0.4) is 0 Å². The van der Waals surface area contributed by atoms with Gasteiger partial charge < -0.3 is 10.2 Å². The molecule has 0 aromatic heterocycles. The molecule has 3 nitrogen and oxygen atoms in total. The van der Waals surface area contributed by atoms with Crippen molar-refractivity contribution in [2.75, 3.05) is 24.6 Å². The second kappa shape index (κ2) is 6.64. The van der Waals surface area contributed by atoms with Crippen molar-refractivity contribution in [3.05, 3.63) is 35.9 Å². The smallest absolute Gasteiger partial charge is 0.224 e. The summed E-state index contributed by atoms with van der Waals surface area (Å²) in [5.74, 6) is 2.40. The van der Waals surface area contributed by atoms with Crippen molar-refractivity contribution in [1.29, 1.82) is 0 Å². The van der Waals surface area contributed by atoms with Crippen LogP contribution in [0.4, 0.5) is 0 Å². The van der Waals surface area contributed by atoms with Gasteiger partial charge in [-0.1, -0.05) is 30.3 Å². The van der Waals surface area contributed by atoms with Crippen molar-refractivity contribution < 1.29 is 4.79 Å². The highest BCUT2D eigenvalue weighted by molar-refractivity contribution is 7.99. The van der Waals surface area contributed by atoms with E-state index in [4.69, 9.17) is 0 Å². The number of rotatable bonds is 3. The molecule has 0 saturated carbocycles. The van der Waals surface area contributed by atoms with Gasteiger partial charge in [-0.25, -0.2) is 0 Å². The van der Waals surface area contributed by atoms with Crippen LogP contribution in [0.2, 0.25) is 0 Å². The fraction of sp³-hybridized carbons (Fsp3) is 0.562. The number of carbonyl (C=O) groups is 1. The summed E-state index contributed by atoms with van der Waals surface area (Å²) < 4.78 is 0. The molecule has 2 fully saturated rings. The van der Waals surface area contributed by atoms with E-state index in [1.807, 2.05) is 17.8 Å². The Morgan fingerprint density at radius 2 is 2.20 bits per heavy atom. The Bertz CT molecular complexity index is 445. The van der Waals surface area contributed by atoms with E-state index < -0.39 is 0 Å². The average molecular weight is 290 g/mol. The van der Waals surface area contributed by atoms with E-state index in [-0.39, 0.29) is 6.04 Å². The lowest BCUT2D eigenvalue weighted by molar-refractivity contribution is -0.133. The Morgan fingerprint density at radius 1 is 1.35 bits per heavy atom. The lowest BCUT2D eigenvalue weighted by atomic mass is 10.0. The molecule has 2 atom stereocenters. The molecule has 20 heavy (non-hydrogen) atoms. The molecule has 2 heterocycles. The zero-order chi connectivity index (χ0) is 13.8. The lowest BCUT2D eigenvalue weighted by Gasteiger charge is -2.36. The number of nitrogens with zero attached hydrogens (tertiary/aromatic N) is 1. The van der Waals surface area contributed by atoms with E-state index in [9.17, 15) is 4.79 Å². The highest BCUT2D eigenvalue weighted by Gasteiger charge is 2.30. The average Bonchev–Trinajstić information content (AvgIpc) is 3.01. The quantitative estimate of drug-likeness (QED) is 0.928. The van der Waals surface area contributed by atoms with Gasteiger partial charge in [-0.15, -0.1) is 0 Å². The van der Waals surface area contributed by atoms with Crippen LogP contribution in [-0.2, 0) is 4.79 Å². The van der Waals surface area contributed by atoms with Gasteiger partial charge >= 0.3 is 0 Å². The van der Waals surface area contributed by atoms with Gasteiger partial charge in [-0.2, -0.15) is 11.8 Å². The van der Waals surface area contributed by atoms with Crippen LogP contribution in [0.25, 0.3) is 0 Å². The minimum atomic E-state index is 0.254. The van der Waals surface area contributed by atoms with Crippen LogP contribution >= 0.6 is 11.8 Å². The first-order valence-electron chi connectivity index (χ1n) is 7.50. The van der Waals surface area contributed by atoms with E-state index in [2.05, 4.69) is 34.5 Å². The molecule has 1 aromatic carbocycles. The van der Waals surface area contributed by atoms with Crippen molar-refractivity contribution in [2.45, 2.75) is 31.3 Å². The van der Waals surface area contributed by atoms with E-state index in [1.165, 1.54) is 12.0 Å². The predicted molar refractivity (Wildman–Crippen MR) is 83.9 cm³/mol. The number of hydrogen-bond donors (Lipinski definition) is 1. The van der Waals surface area contributed by atoms with Gasteiger partial charge in [0.2, 0.25) is 5.91 Å². The van der Waals surface area contributed by atoms with Crippen LogP contribution in [-0.4, -0.2) is 41.4 Å². The third-order valence-electron chi connectivity index (χ3n) is 4.22. The van der Waals surface area contributed by atoms with Crippen molar-refractivity contribution >= 4 is 17.7 Å². The third-order valence-corrected chi connectivity index (χ3v) is 5.24. The van der Waals surface area contributed by atoms with Crippen LogP contribution in [0.15, 0.2) is 30.3 Å². The van der Waals surface area contributed by atoms with Crippen LogP contribution < -0.4 is 5.32 Å². The number of hydrogen-bond acceptors (Lipinski definition) is 3. The molecule has 1 N–H and O–H groups in total. The zero-order valence-corrected chi connectivity index (χ0v) is 12.6. The maximum atomic E-state index is 12.6. The highest BCUT2D eigenvalue weighted by Crippen LogP contribution is 2.30. The summed E-state index contributed by atoms with van der Waals surface area (Å²) in [6.45, 7) is 1.95. The Balaban J connectivity index is 1.70. The molecule has 1 amide bonds. The second-order valence-corrected chi connectivity index (χ2v) is 6.74. The fourth-order valence-corrected chi connectivity index (χ4v) is 4.20. The molecule has 0 bridgehead atoms. The number of benzene rings is 1. The van der Waals surface area contributed by atoms with Crippen molar-refractivity contribution in [1.82, 2.24) is 10.2 Å². The molecule has 0 aliphatic carbocycles. The first-order valence-corrected chi connectivity index (χ1v) is 8.65. The molecule has 0 spiro atoms. The summed E-state index contributed by atoms with van der Waals surface area (Å²) in [7, 11) is 0. The van der Waals surface area contributed by atoms with E-state index in [0.29, 0.717) is 18.4 Å². The van der Waals surface area contributed by atoms with Crippen molar-refractivity contribution in [3.63, 3.8) is 0 Å². The van der Waals surface area contributed by atoms with Crippen molar-refractivity contribution in [3.8, 4) is 0 Å². The molecule has 2 aliphatic heterocycles. The molecule has 4 heteroatoms. The van der Waals surface area contributed by atoms with Gasteiger partial charge in [0.15, 0.2) is 0 Å². The minimum absolute atomic E-state index is 0.254. The van der Waals surface area contributed by atoms with E-state index in [1.54, 1.807) is 0 Å². The van der Waals surface area contributed by atoms with Gasteiger partial charge in [0, 0.05) is 30.5 Å². The maximum Gasteiger partial charge on any atom is 0.224 e. The van der Waals surface area contributed by atoms with Crippen molar-refractivity contribution in [2.24, 2.45) is 0 Å². The summed E-state index contributed by atoms with van der Waals surface area (Å²) in [4.78, 5) is 14.7. The predicted octanol–water partition coefficient (Wildman–Crippen LogP) is 2.45. The molecule has 108 valence electrons. The van der Waals surface area contributed by atoms with Crippen LogP contribution in [0.5, 0.6) is 0 Å². The molecule has 1 aromatic rings. The third kappa shape index (κ3) is 3.18. The van der Waals surface area contributed by atoms with E-state index >= 15 is 0 Å². The summed E-state index contributed by atoms with van der Waals surface area (Å²) in [5, 5.41) is 3.43. The van der Waals surface area contributed by atoms with Crippen LogP contribution in [0.1, 0.15) is 30.9 Å². The molecule has 0 radical (unpaired) electrons. The number of amides is 1. The highest BCUT2D eigenvalue weighted by atomic mass is 32.2. The lowest BCUT2D eigenvalue weighted by Crippen LogP contribution is -2.42. The number of nitrogens with one attached hydrogen (secondary N) is 1. The fourth-order valence-electron chi connectivity index (χ4n) is 3.11. The Labute approximate surface area is 125 Å². The monoisotopic (exact) mass is 290 g/mol. The first-order chi connectivity index (χ1) is 9.84. The minimum Gasteiger partial charge on any atom is -0.334 e. The molecular formula is C16H22N2OS. The van der Waals surface area contributed by atoms with E-state index in [0.717, 1.165) is 31.0 Å². The maximum absolute atomic E-state index is 12.6. The molecule has 3 rings (SSSR count). The second-order valence-electron chi connectivity index (χ2n) is 5.59. The van der Waals surface area contributed by atoms with Gasteiger partial charge in [-0.05, 0) is 24.9 Å². The summed E-state index contributed by atoms with van der Waals surface area (Å²) in [6.07, 6.45) is 3.01. The first kappa shape index (κ1) is 14.0. The number of thioether (sulfide) groups is 1. The SMILES string of the molecule is O=C(CC1CCCN1)N1CCSCC1c1ccccc1. The summed E-state index contributed by atoms with van der Waals surface area (Å²) >= 11 is 1.95. The van der Waals surface area contributed by atoms with Gasteiger partial charge in [-0.3, -0.25) is 4.79 Å². The van der Waals surface area contributed by atoms with Gasteiger partial charge in [0.05, 0.1) is 6.04 Å². The molecule has 2 aliphatic rings. The Hall–Kier alpha value is -1.00.